The van der Waals surface area contributed by atoms with Gasteiger partial charge < -0.3 is 4.90 Å². The number of para-hydroxylation sites is 1. The van der Waals surface area contributed by atoms with Gasteiger partial charge in [-0.15, -0.1) is 0 Å². The first-order valence-electron chi connectivity index (χ1n) is 10.9. The molecule has 0 spiro atoms. The van der Waals surface area contributed by atoms with Crippen LogP contribution in [0.3, 0.4) is 0 Å². The molecular formula is C24H28N4O3S. The Balaban J connectivity index is 1.67. The number of hydrogen-bond acceptors (Lipinski definition) is 4. The van der Waals surface area contributed by atoms with E-state index in [-0.39, 0.29) is 10.8 Å². The highest BCUT2D eigenvalue weighted by Gasteiger charge is 2.29. The number of carbonyl (C=O) groups excluding carboxylic acids is 1. The lowest BCUT2D eigenvalue weighted by Gasteiger charge is -2.30. The average molecular weight is 453 g/mol. The smallest absolute Gasteiger partial charge is 0.261 e. The molecule has 0 unspecified atom stereocenters. The molecule has 1 amide bonds. The summed E-state index contributed by atoms with van der Waals surface area (Å²) in [5.41, 5.74) is 3.86. The fourth-order valence-electron chi connectivity index (χ4n) is 4.25. The van der Waals surface area contributed by atoms with E-state index in [0.29, 0.717) is 25.2 Å². The van der Waals surface area contributed by atoms with Gasteiger partial charge in [0, 0.05) is 25.3 Å². The molecule has 3 aromatic rings. The predicted octanol–water partition coefficient (Wildman–Crippen LogP) is 3.80. The number of rotatable bonds is 6. The highest BCUT2D eigenvalue weighted by Crippen LogP contribution is 2.32. The van der Waals surface area contributed by atoms with Crippen LogP contribution in [0, 0.1) is 6.92 Å². The molecule has 2 heterocycles. The van der Waals surface area contributed by atoms with E-state index in [1.807, 2.05) is 51.1 Å². The molecule has 0 bridgehead atoms. The number of amides is 1. The fourth-order valence-corrected chi connectivity index (χ4v) is 5.76. The van der Waals surface area contributed by atoms with Gasteiger partial charge in [0.15, 0.2) is 0 Å². The van der Waals surface area contributed by atoms with Gasteiger partial charge in [-0.1, -0.05) is 32.0 Å². The molecular weight excluding hydrogens is 424 g/mol. The van der Waals surface area contributed by atoms with Crippen molar-refractivity contribution in [3.63, 3.8) is 0 Å². The second-order valence-electron chi connectivity index (χ2n) is 7.83. The lowest BCUT2D eigenvalue weighted by molar-refractivity contribution is 0.0984. The molecule has 0 fully saturated rings. The maximum Gasteiger partial charge on any atom is 0.261 e. The van der Waals surface area contributed by atoms with E-state index in [1.165, 1.54) is 4.31 Å². The molecule has 1 aromatic heterocycles. The Kier molecular flexibility index (Phi) is 6.17. The molecule has 0 aliphatic carbocycles. The maximum absolute atomic E-state index is 13.5. The number of aryl methyl sites for hydroxylation is 1. The van der Waals surface area contributed by atoms with Crippen molar-refractivity contribution < 1.29 is 13.2 Å². The van der Waals surface area contributed by atoms with E-state index in [1.54, 1.807) is 34.0 Å². The highest BCUT2D eigenvalue weighted by molar-refractivity contribution is 7.89. The van der Waals surface area contributed by atoms with Crippen LogP contribution in [0.5, 0.6) is 0 Å². The SMILES string of the molecule is CCN(CC)S(=O)(=O)c1ccc2c(c1)CCCN2C(=O)c1cnn(-c2ccccc2)c1C. The van der Waals surface area contributed by atoms with Gasteiger partial charge in [0.05, 0.1) is 28.0 Å². The van der Waals surface area contributed by atoms with Gasteiger partial charge in [-0.3, -0.25) is 4.79 Å². The number of benzene rings is 2. The van der Waals surface area contributed by atoms with Gasteiger partial charge in [0.25, 0.3) is 5.91 Å². The minimum Gasteiger partial charge on any atom is -0.308 e. The zero-order valence-electron chi connectivity index (χ0n) is 18.7. The summed E-state index contributed by atoms with van der Waals surface area (Å²) in [5.74, 6) is -0.120. The summed E-state index contributed by atoms with van der Waals surface area (Å²) in [5, 5.41) is 4.43. The maximum atomic E-state index is 13.5. The molecule has 4 rings (SSSR count). The minimum atomic E-state index is -3.54. The first kappa shape index (κ1) is 22.2. The Bertz CT molecular complexity index is 1230. The molecule has 7 nitrogen and oxygen atoms in total. The number of carbonyl (C=O) groups is 1. The Morgan fingerprint density at radius 3 is 2.50 bits per heavy atom. The van der Waals surface area contributed by atoms with Crippen molar-refractivity contribution >= 4 is 21.6 Å². The second kappa shape index (κ2) is 8.88. The molecule has 2 aromatic carbocycles. The third-order valence-electron chi connectivity index (χ3n) is 6.00. The van der Waals surface area contributed by atoms with Crippen molar-refractivity contribution in [3.05, 3.63) is 71.5 Å². The van der Waals surface area contributed by atoms with Crippen molar-refractivity contribution in [2.75, 3.05) is 24.5 Å². The summed E-state index contributed by atoms with van der Waals surface area (Å²) in [6.45, 7) is 6.98. The van der Waals surface area contributed by atoms with Crippen molar-refractivity contribution in [2.24, 2.45) is 0 Å². The van der Waals surface area contributed by atoms with Crippen LogP contribution in [-0.2, 0) is 16.4 Å². The number of sulfonamides is 1. The minimum absolute atomic E-state index is 0.120. The Hall–Kier alpha value is -2.97. The van der Waals surface area contributed by atoms with E-state index in [2.05, 4.69) is 5.10 Å². The van der Waals surface area contributed by atoms with Crippen LogP contribution < -0.4 is 4.90 Å². The van der Waals surface area contributed by atoms with Crippen LogP contribution in [0.2, 0.25) is 0 Å². The zero-order chi connectivity index (χ0) is 22.9. The van der Waals surface area contributed by atoms with E-state index in [4.69, 9.17) is 0 Å². The van der Waals surface area contributed by atoms with E-state index in [0.717, 1.165) is 35.5 Å². The molecule has 168 valence electrons. The molecule has 0 radical (unpaired) electrons. The molecule has 1 aliphatic rings. The largest absolute Gasteiger partial charge is 0.308 e. The molecule has 0 saturated carbocycles. The lowest BCUT2D eigenvalue weighted by atomic mass is 10.0. The first-order chi connectivity index (χ1) is 15.4. The van der Waals surface area contributed by atoms with Gasteiger partial charge in [-0.2, -0.15) is 9.40 Å². The monoisotopic (exact) mass is 452 g/mol. The van der Waals surface area contributed by atoms with Crippen molar-refractivity contribution in [1.82, 2.24) is 14.1 Å². The van der Waals surface area contributed by atoms with Crippen LogP contribution in [0.25, 0.3) is 5.69 Å². The van der Waals surface area contributed by atoms with E-state index >= 15 is 0 Å². The summed E-state index contributed by atoms with van der Waals surface area (Å²) < 4.78 is 29.1. The van der Waals surface area contributed by atoms with Gasteiger partial charge in [0.1, 0.15) is 0 Å². The Labute approximate surface area is 189 Å². The highest BCUT2D eigenvalue weighted by atomic mass is 32.2. The summed E-state index contributed by atoms with van der Waals surface area (Å²) in [6, 6.07) is 14.8. The number of aromatic nitrogens is 2. The Morgan fingerprint density at radius 1 is 1.09 bits per heavy atom. The van der Waals surface area contributed by atoms with Crippen LogP contribution in [0.1, 0.15) is 41.9 Å². The number of anilines is 1. The predicted molar refractivity (Wildman–Crippen MR) is 125 cm³/mol. The quantitative estimate of drug-likeness (QED) is 0.570. The zero-order valence-corrected chi connectivity index (χ0v) is 19.5. The lowest BCUT2D eigenvalue weighted by Crippen LogP contribution is -2.36. The van der Waals surface area contributed by atoms with Gasteiger partial charge in [-0.25, -0.2) is 13.1 Å². The van der Waals surface area contributed by atoms with Crippen LogP contribution in [-0.4, -0.2) is 48.0 Å². The van der Waals surface area contributed by atoms with Crippen LogP contribution in [0.4, 0.5) is 5.69 Å². The van der Waals surface area contributed by atoms with Crippen molar-refractivity contribution in [3.8, 4) is 5.69 Å². The van der Waals surface area contributed by atoms with Crippen LogP contribution in [0.15, 0.2) is 59.6 Å². The molecule has 8 heteroatoms. The summed E-state index contributed by atoms with van der Waals surface area (Å²) in [4.78, 5) is 15.5. The molecule has 0 atom stereocenters. The van der Waals surface area contributed by atoms with E-state index < -0.39 is 10.0 Å². The standard InChI is InChI=1S/C24H28N4O3S/c1-4-26(5-2)32(30,31)21-13-14-23-19(16-21)10-9-15-27(23)24(29)22-17-25-28(18(22)3)20-11-7-6-8-12-20/h6-8,11-14,16-17H,4-5,9-10,15H2,1-3H3. The van der Waals surface area contributed by atoms with E-state index in [9.17, 15) is 13.2 Å². The number of hydrogen-bond donors (Lipinski definition) is 0. The summed E-state index contributed by atoms with van der Waals surface area (Å²) in [7, 11) is -3.54. The summed E-state index contributed by atoms with van der Waals surface area (Å²) in [6.07, 6.45) is 3.13. The molecule has 1 aliphatic heterocycles. The van der Waals surface area contributed by atoms with Crippen molar-refractivity contribution in [2.45, 2.75) is 38.5 Å². The number of fused-ring (bicyclic) bond motifs is 1. The Morgan fingerprint density at radius 2 is 1.81 bits per heavy atom. The second-order valence-corrected chi connectivity index (χ2v) is 9.77. The van der Waals surface area contributed by atoms with Gasteiger partial charge in [-0.05, 0) is 55.7 Å². The first-order valence-corrected chi connectivity index (χ1v) is 12.4. The molecule has 0 saturated heterocycles. The fraction of sp³-hybridized carbons (Fsp3) is 0.333. The normalized spacial score (nSPS) is 13.9. The van der Waals surface area contributed by atoms with Crippen molar-refractivity contribution in [1.29, 1.82) is 0 Å². The third-order valence-corrected chi connectivity index (χ3v) is 8.04. The molecule has 32 heavy (non-hydrogen) atoms. The molecule has 0 N–H and O–H groups in total. The third kappa shape index (κ3) is 3.84. The van der Waals surface area contributed by atoms with Crippen LogP contribution >= 0.6 is 0 Å². The number of nitrogens with zero attached hydrogens (tertiary/aromatic N) is 4. The summed E-state index contributed by atoms with van der Waals surface area (Å²) >= 11 is 0. The van der Waals surface area contributed by atoms with Gasteiger partial charge >= 0.3 is 0 Å². The van der Waals surface area contributed by atoms with Gasteiger partial charge in [0.2, 0.25) is 10.0 Å². The average Bonchev–Trinajstić information content (AvgIpc) is 3.20. The topological polar surface area (TPSA) is 75.5 Å².